The van der Waals surface area contributed by atoms with Crippen molar-refractivity contribution in [3.63, 3.8) is 0 Å². The molecule has 0 aliphatic heterocycles. The molecule has 0 unspecified atom stereocenters. The van der Waals surface area contributed by atoms with Gasteiger partial charge in [0.05, 0.1) is 4.90 Å². The van der Waals surface area contributed by atoms with Crippen molar-refractivity contribution >= 4 is 10.0 Å². The lowest BCUT2D eigenvalue weighted by Gasteiger charge is -2.20. The summed E-state index contributed by atoms with van der Waals surface area (Å²) in [5.41, 5.74) is 5.06. The van der Waals surface area contributed by atoms with Crippen LogP contribution in [0.3, 0.4) is 0 Å². The zero-order valence-corrected chi connectivity index (χ0v) is 15.2. The van der Waals surface area contributed by atoms with Crippen molar-refractivity contribution in [2.75, 3.05) is 6.54 Å². The third kappa shape index (κ3) is 3.67. The fourth-order valence-electron chi connectivity index (χ4n) is 2.75. The zero-order valence-electron chi connectivity index (χ0n) is 14.4. The highest BCUT2D eigenvalue weighted by atomic mass is 32.2. The van der Waals surface area contributed by atoms with Crippen LogP contribution in [0, 0.1) is 40.5 Å². The molecule has 0 radical (unpaired) electrons. The first-order valence-corrected chi connectivity index (χ1v) is 9.22. The Morgan fingerprint density at radius 3 is 1.57 bits per heavy atom. The molecule has 0 amide bonds. The Labute approximate surface area is 130 Å². The van der Waals surface area contributed by atoms with E-state index >= 15 is 0 Å². The van der Waals surface area contributed by atoms with Gasteiger partial charge in [0.1, 0.15) is 0 Å². The van der Waals surface area contributed by atoms with Crippen LogP contribution in [0.15, 0.2) is 4.90 Å². The summed E-state index contributed by atoms with van der Waals surface area (Å²) in [6.07, 6.45) is 1.98. The van der Waals surface area contributed by atoms with Crippen molar-refractivity contribution < 1.29 is 8.42 Å². The molecule has 1 aromatic rings. The van der Waals surface area contributed by atoms with Gasteiger partial charge in [-0.3, -0.25) is 0 Å². The van der Waals surface area contributed by atoms with E-state index in [-0.39, 0.29) is 0 Å². The highest BCUT2D eigenvalue weighted by Gasteiger charge is 2.23. The molecule has 0 spiro atoms. The summed E-state index contributed by atoms with van der Waals surface area (Å²) in [5, 5.41) is 0. The quantitative estimate of drug-likeness (QED) is 0.865. The summed E-state index contributed by atoms with van der Waals surface area (Å²) in [7, 11) is -3.45. The maximum absolute atomic E-state index is 12.7. The van der Waals surface area contributed by atoms with Crippen LogP contribution in [0.2, 0.25) is 0 Å². The Hall–Kier alpha value is -0.870. The molecule has 21 heavy (non-hydrogen) atoms. The zero-order chi connectivity index (χ0) is 16.4. The molecule has 0 aliphatic rings. The Kier molecular flexibility index (Phi) is 6.00. The fourth-order valence-corrected chi connectivity index (χ4v) is 4.46. The molecule has 0 saturated carbocycles. The topological polar surface area (TPSA) is 46.2 Å². The van der Waals surface area contributed by atoms with E-state index in [9.17, 15) is 8.42 Å². The number of hydrogen-bond donors (Lipinski definition) is 1. The van der Waals surface area contributed by atoms with Gasteiger partial charge >= 0.3 is 0 Å². The van der Waals surface area contributed by atoms with Gasteiger partial charge in [-0.25, -0.2) is 13.1 Å². The van der Waals surface area contributed by atoms with E-state index in [0.717, 1.165) is 35.1 Å². The Morgan fingerprint density at radius 1 is 0.810 bits per heavy atom. The van der Waals surface area contributed by atoms with Crippen molar-refractivity contribution in [1.82, 2.24) is 4.72 Å². The van der Waals surface area contributed by atoms with Gasteiger partial charge in [-0.05, 0) is 68.4 Å². The molecule has 0 saturated heterocycles. The van der Waals surface area contributed by atoms with Gasteiger partial charge in [-0.2, -0.15) is 0 Å². The highest BCUT2D eigenvalue weighted by Crippen LogP contribution is 2.29. The highest BCUT2D eigenvalue weighted by molar-refractivity contribution is 7.89. The second kappa shape index (κ2) is 6.93. The third-order valence-corrected chi connectivity index (χ3v) is 6.61. The normalized spacial score (nSPS) is 12.2. The molecule has 0 atom stereocenters. The second-order valence-corrected chi connectivity index (χ2v) is 7.69. The lowest BCUT2D eigenvalue weighted by Crippen LogP contribution is -2.30. The lowest BCUT2D eigenvalue weighted by molar-refractivity contribution is 0.478. The largest absolute Gasteiger partial charge is 0.241 e. The van der Waals surface area contributed by atoms with Gasteiger partial charge in [0.15, 0.2) is 0 Å². The predicted octanol–water partition coefficient (Wildman–Crippen LogP) is 3.94. The van der Waals surface area contributed by atoms with Crippen molar-refractivity contribution in [2.45, 2.75) is 66.2 Å². The van der Waals surface area contributed by atoms with Crippen LogP contribution in [0.1, 0.15) is 54.5 Å². The number of sulfonamides is 1. The fraction of sp³-hybridized carbons (Fsp3) is 0.647. The number of nitrogens with one attached hydrogen (secondary N) is 1. The van der Waals surface area contributed by atoms with Crippen molar-refractivity contribution in [3.8, 4) is 0 Å². The third-order valence-electron chi connectivity index (χ3n) is 4.92. The van der Waals surface area contributed by atoms with E-state index in [1.807, 2.05) is 27.7 Å². The first-order valence-electron chi connectivity index (χ1n) is 7.73. The molecule has 0 aliphatic carbocycles. The second-order valence-electron chi connectivity index (χ2n) is 5.99. The molecule has 0 heterocycles. The van der Waals surface area contributed by atoms with Crippen LogP contribution in [0.5, 0.6) is 0 Å². The van der Waals surface area contributed by atoms with Crippen molar-refractivity contribution in [1.29, 1.82) is 0 Å². The summed E-state index contributed by atoms with van der Waals surface area (Å²) in [6.45, 7) is 14.6. The molecule has 0 fully saturated rings. The Balaban J connectivity index is 3.27. The molecule has 0 bridgehead atoms. The lowest BCUT2D eigenvalue weighted by atomic mass is 9.95. The van der Waals surface area contributed by atoms with E-state index in [2.05, 4.69) is 25.5 Å². The van der Waals surface area contributed by atoms with Gasteiger partial charge in [-0.15, -0.1) is 0 Å². The van der Waals surface area contributed by atoms with Gasteiger partial charge in [-0.1, -0.05) is 26.7 Å². The molecule has 4 heteroatoms. The summed E-state index contributed by atoms with van der Waals surface area (Å²) < 4.78 is 28.2. The number of hydrogen-bond acceptors (Lipinski definition) is 2. The number of benzene rings is 1. The summed E-state index contributed by atoms with van der Waals surface area (Å²) in [6, 6.07) is 0. The smallest absolute Gasteiger partial charge is 0.211 e. The minimum Gasteiger partial charge on any atom is -0.211 e. The monoisotopic (exact) mass is 311 g/mol. The Morgan fingerprint density at radius 2 is 1.19 bits per heavy atom. The SMILES string of the molecule is CCC(CC)CNS(=O)(=O)c1c(C)c(C)c(C)c(C)c1C. The van der Waals surface area contributed by atoms with Gasteiger partial charge < -0.3 is 0 Å². The maximum Gasteiger partial charge on any atom is 0.241 e. The van der Waals surface area contributed by atoms with Crippen molar-refractivity contribution in [2.24, 2.45) is 5.92 Å². The van der Waals surface area contributed by atoms with Crippen LogP contribution >= 0.6 is 0 Å². The maximum atomic E-state index is 12.7. The minimum atomic E-state index is -3.45. The minimum absolute atomic E-state index is 0.396. The van der Waals surface area contributed by atoms with E-state index in [0.29, 0.717) is 17.4 Å². The van der Waals surface area contributed by atoms with Crippen LogP contribution in [-0.4, -0.2) is 15.0 Å². The number of rotatable bonds is 6. The van der Waals surface area contributed by atoms with E-state index in [4.69, 9.17) is 0 Å². The summed E-state index contributed by atoms with van der Waals surface area (Å²) in [4.78, 5) is 0.467. The van der Waals surface area contributed by atoms with Crippen LogP contribution < -0.4 is 4.72 Å². The molecule has 120 valence electrons. The van der Waals surface area contributed by atoms with E-state index < -0.39 is 10.0 Å². The molecule has 0 aromatic heterocycles. The van der Waals surface area contributed by atoms with Crippen LogP contribution in [0.4, 0.5) is 0 Å². The van der Waals surface area contributed by atoms with E-state index in [1.165, 1.54) is 5.56 Å². The standard InChI is InChI=1S/C17H29NO2S/c1-8-16(9-2)10-18-21(19,20)17-14(6)12(4)11(3)13(5)15(17)7/h16,18H,8-10H2,1-7H3. The van der Waals surface area contributed by atoms with Gasteiger partial charge in [0.25, 0.3) is 0 Å². The Bertz CT molecular complexity index is 585. The predicted molar refractivity (Wildman–Crippen MR) is 89.4 cm³/mol. The van der Waals surface area contributed by atoms with Gasteiger partial charge in [0.2, 0.25) is 10.0 Å². The average Bonchev–Trinajstić information content (AvgIpc) is 2.44. The van der Waals surface area contributed by atoms with E-state index in [1.54, 1.807) is 0 Å². The molecule has 3 nitrogen and oxygen atoms in total. The molecule has 1 N–H and O–H groups in total. The van der Waals surface area contributed by atoms with Gasteiger partial charge in [0, 0.05) is 6.54 Å². The first kappa shape index (κ1) is 18.2. The molecule has 1 aromatic carbocycles. The summed E-state index contributed by atoms with van der Waals surface area (Å²) in [5.74, 6) is 0.396. The summed E-state index contributed by atoms with van der Waals surface area (Å²) >= 11 is 0. The van der Waals surface area contributed by atoms with Crippen LogP contribution in [0.25, 0.3) is 0 Å². The molecular weight excluding hydrogens is 282 g/mol. The average molecular weight is 311 g/mol. The molecular formula is C17H29NO2S. The first-order chi connectivity index (χ1) is 9.67. The molecule has 1 rings (SSSR count). The van der Waals surface area contributed by atoms with Crippen LogP contribution in [-0.2, 0) is 10.0 Å². The van der Waals surface area contributed by atoms with Crippen molar-refractivity contribution in [3.05, 3.63) is 27.8 Å².